The Kier molecular flexibility index (Phi) is 6.70. The van der Waals surface area contributed by atoms with Gasteiger partial charge in [0, 0.05) is 38.8 Å². The summed E-state index contributed by atoms with van der Waals surface area (Å²) in [6.45, 7) is 6.89. The SMILES string of the molecule is Cl.Cl.O=C(NC1CN2CCC1CC2)c1cccc2oc(N3CCNCC3)nc12. The summed E-state index contributed by atoms with van der Waals surface area (Å²) >= 11 is 0. The summed E-state index contributed by atoms with van der Waals surface area (Å²) in [5.41, 5.74) is 1.96. The van der Waals surface area contributed by atoms with Crippen LogP contribution < -0.4 is 15.5 Å². The maximum atomic E-state index is 13.0. The fourth-order valence-electron chi connectivity index (χ4n) is 4.49. The first kappa shape index (κ1) is 21.2. The van der Waals surface area contributed by atoms with Crippen LogP contribution in [-0.4, -0.2) is 67.6 Å². The molecule has 6 rings (SSSR count). The molecule has 0 saturated carbocycles. The monoisotopic (exact) mass is 427 g/mol. The highest BCUT2D eigenvalue weighted by Gasteiger charge is 2.35. The molecule has 9 heteroatoms. The molecule has 28 heavy (non-hydrogen) atoms. The van der Waals surface area contributed by atoms with Crippen LogP contribution in [0.3, 0.4) is 0 Å². The van der Waals surface area contributed by atoms with Gasteiger partial charge in [0.1, 0.15) is 5.52 Å². The normalized spacial score (nSPS) is 26.4. The van der Waals surface area contributed by atoms with Crippen LogP contribution >= 0.6 is 24.8 Å². The number of benzene rings is 1. The van der Waals surface area contributed by atoms with Gasteiger partial charge in [-0.05, 0) is 44.0 Å². The van der Waals surface area contributed by atoms with Gasteiger partial charge in [-0.2, -0.15) is 4.98 Å². The quantitative estimate of drug-likeness (QED) is 0.778. The second-order valence-corrected chi connectivity index (χ2v) is 7.60. The number of nitrogens with one attached hydrogen (secondary N) is 2. The number of aromatic nitrogens is 1. The van der Waals surface area contributed by atoms with E-state index in [-0.39, 0.29) is 36.8 Å². The molecule has 0 spiro atoms. The van der Waals surface area contributed by atoms with Crippen molar-refractivity contribution < 1.29 is 9.21 Å². The van der Waals surface area contributed by atoms with Crippen molar-refractivity contribution in [2.24, 2.45) is 5.92 Å². The van der Waals surface area contributed by atoms with E-state index in [2.05, 4.69) is 25.4 Å². The molecule has 2 N–H and O–H groups in total. The molecule has 1 aromatic carbocycles. The number of carbonyl (C=O) groups is 1. The van der Waals surface area contributed by atoms with Gasteiger partial charge < -0.3 is 24.9 Å². The van der Waals surface area contributed by atoms with Crippen LogP contribution in [0.5, 0.6) is 0 Å². The van der Waals surface area contributed by atoms with E-state index in [1.54, 1.807) is 0 Å². The van der Waals surface area contributed by atoms with Gasteiger partial charge in [0.2, 0.25) is 0 Å². The predicted octanol–water partition coefficient (Wildman–Crippen LogP) is 1.90. The van der Waals surface area contributed by atoms with E-state index in [0.717, 1.165) is 32.7 Å². The van der Waals surface area contributed by atoms with Crippen molar-refractivity contribution in [3.63, 3.8) is 0 Å². The first-order valence-electron chi connectivity index (χ1n) is 9.66. The second kappa shape index (κ2) is 8.86. The Morgan fingerprint density at radius 3 is 2.57 bits per heavy atom. The maximum absolute atomic E-state index is 13.0. The molecule has 2 bridgehead atoms. The summed E-state index contributed by atoms with van der Waals surface area (Å²) in [6.07, 6.45) is 2.37. The highest BCUT2D eigenvalue weighted by molar-refractivity contribution is 6.04. The molecular weight excluding hydrogens is 401 g/mol. The number of rotatable bonds is 3. The largest absolute Gasteiger partial charge is 0.423 e. The van der Waals surface area contributed by atoms with Gasteiger partial charge in [-0.3, -0.25) is 4.79 Å². The predicted molar refractivity (Wildman–Crippen MR) is 114 cm³/mol. The van der Waals surface area contributed by atoms with E-state index in [4.69, 9.17) is 4.42 Å². The highest BCUT2D eigenvalue weighted by Crippen LogP contribution is 2.29. The summed E-state index contributed by atoms with van der Waals surface area (Å²) in [5.74, 6) is 0.575. The van der Waals surface area contributed by atoms with Crippen molar-refractivity contribution in [3.05, 3.63) is 23.8 Å². The van der Waals surface area contributed by atoms with Crippen molar-refractivity contribution in [3.8, 4) is 0 Å². The van der Waals surface area contributed by atoms with Crippen molar-refractivity contribution in [2.45, 2.75) is 18.9 Å². The van der Waals surface area contributed by atoms with Crippen LogP contribution in [0.25, 0.3) is 11.1 Å². The van der Waals surface area contributed by atoms with E-state index in [9.17, 15) is 4.79 Å². The molecule has 0 aliphatic carbocycles. The lowest BCUT2D eigenvalue weighted by atomic mass is 9.84. The summed E-state index contributed by atoms with van der Waals surface area (Å²) < 4.78 is 5.94. The molecule has 7 nitrogen and oxygen atoms in total. The Morgan fingerprint density at radius 2 is 1.89 bits per heavy atom. The fraction of sp³-hybridized carbons (Fsp3) is 0.579. The zero-order valence-electron chi connectivity index (χ0n) is 15.7. The molecule has 1 amide bonds. The molecule has 1 atom stereocenters. The van der Waals surface area contributed by atoms with Crippen molar-refractivity contribution in [1.29, 1.82) is 0 Å². The van der Waals surface area contributed by atoms with Gasteiger partial charge in [-0.25, -0.2) is 0 Å². The Labute approximate surface area is 177 Å². The first-order valence-corrected chi connectivity index (χ1v) is 9.66. The highest BCUT2D eigenvalue weighted by atomic mass is 35.5. The lowest BCUT2D eigenvalue weighted by molar-refractivity contribution is 0.0621. The van der Waals surface area contributed by atoms with E-state index >= 15 is 0 Å². The zero-order chi connectivity index (χ0) is 17.5. The van der Waals surface area contributed by atoms with Crippen LogP contribution in [0.15, 0.2) is 22.6 Å². The Bertz CT molecular complexity index is 816. The number of amides is 1. The molecule has 5 heterocycles. The molecular formula is C19H27Cl2N5O2. The number of para-hydroxylation sites is 1. The van der Waals surface area contributed by atoms with Crippen LogP contribution in [0.1, 0.15) is 23.2 Å². The number of piperazine rings is 1. The summed E-state index contributed by atoms with van der Waals surface area (Å²) in [4.78, 5) is 22.2. The van der Waals surface area contributed by atoms with Crippen molar-refractivity contribution in [1.82, 2.24) is 20.5 Å². The number of fused-ring (bicyclic) bond motifs is 4. The molecule has 4 aliphatic rings. The topological polar surface area (TPSA) is 73.6 Å². The zero-order valence-corrected chi connectivity index (χ0v) is 17.4. The lowest BCUT2D eigenvalue weighted by Gasteiger charge is -2.44. The first-order chi connectivity index (χ1) is 12.8. The number of oxazole rings is 1. The van der Waals surface area contributed by atoms with Gasteiger partial charge in [0.15, 0.2) is 5.58 Å². The molecule has 4 fully saturated rings. The maximum Gasteiger partial charge on any atom is 0.298 e. The Hall–Kier alpha value is -1.54. The molecule has 0 radical (unpaired) electrons. The smallest absolute Gasteiger partial charge is 0.298 e. The number of nitrogens with zero attached hydrogens (tertiary/aromatic N) is 3. The molecule has 1 unspecified atom stereocenters. The average Bonchev–Trinajstić information content (AvgIpc) is 3.14. The minimum atomic E-state index is -0.0329. The molecule has 1 aromatic heterocycles. The van der Waals surface area contributed by atoms with Crippen molar-refractivity contribution in [2.75, 3.05) is 50.7 Å². The van der Waals surface area contributed by atoms with Gasteiger partial charge in [0.25, 0.3) is 11.9 Å². The molecule has 154 valence electrons. The van der Waals surface area contributed by atoms with Gasteiger partial charge >= 0.3 is 0 Å². The summed E-state index contributed by atoms with van der Waals surface area (Å²) in [7, 11) is 0. The van der Waals surface area contributed by atoms with Crippen LogP contribution in [0.4, 0.5) is 6.01 Å². The second-order valence-electron chi connectivity index (χ2n) is 7.60. The molecule has 4 saturated heterocycles. The van der Waals surface area contributed by atoms with Crippen LogP contribution in [0.2, 0.25) is 0 Å². The third kappa shape index (κ3) is 3.94. The lowest BCUT2D eigenvalue weighted by Crippen LogP contribution is -2.57. The third-order valence-electron chi connectivity index (χ3n) is 6.01. The number of hydrogen-bond acceptors (Lipinski definition) is 6. The minimum absolute atomic E-state index is 0. The van der Waals surface area contributed by atoms with Gasteiger partial charge in [-0.1, -0.05) is 6.07 Å². The summed E-state index contributed by atoms with van der Waals surface area (Å²) in [6, 6.07) is 6.48. The number of carbonyl (C=O) groups excluding carboxylic acids is 1. The van der Waals surface area contributed by atoms with E-state index < -0.39 is 0 Å². The number of anilines is 1. The van der Waals surface area contributed by atoms with Crippen LogP contribution in [0, 0.1) is 5.92 Å². The molecule has 2 aromatic rings. The summed E-state index contributed by atoms with van der Waals surface area (Å²) in [5, 5.41) is 6.59. The number of piperidine rings is 3. The van der Waals surface area contributed by atoms with E-state index in [1.165, 1.54) is 25.9 Å². The third-order valence-corrected chi connectivity index (χ3v) is 6.01. The fourth-order valence-corrected chi connectivity index (χ4v) is 4.49. The Morgan fingerprint density at radius 1 is 1.14 bits per heavy atom. The molecule has 4 aliphatic heterocycles. The standard InChI is InChI=1S/C19H25N5O2.2ClH/c25-18(21-15-12-23-8-4-13(15)5-9-23)14-2-1-3-16-17(14)22-19(26-16)24-10-6-20-7-11-24;;/h1-3,13,15,20H,4-12H2,(H,21,25);2*1H. The average molecular weight is 428 g/mol. The van der Waals surface area contributed by atoms with Gasteiger partial charge in [-0.15, -0.1) is 24.8 Å². The van der Waals surface area contributed by atoms with E-state index in [0.29, 0.717) is 28.6 Å². The Balaban J connectivity index is 0.00000112. The number of hydrogen-bond donors (Lipinski definition) is 2. The minimum Gasteiger partial charge on any atom is -0.423 e. The number of halogens is 2. The van der Waals surface area contributed by atoms with Crippen molar-refractivity contribution >= 4 is 47.8 Å². The van der Waals surface area contributed by atoms with E-state index in [1.807, 2.05) is 18.2 Å². The van der Waals surface area contributed by atoms with Crippen LogP contribution in [-0.2, 0) is 0 Å². The van der Waals surface area contributed by atoms with Gasteiger partial charge in [0.05, 0.1) is 5.56 Å².